The number of carbonyl (C=O) groups excluding carboxylic acids is 1. The van der Waals surface area contributed by atoms with Gasteiger partial charge >= 0.3 is 0 Å². The third-order valence-electron chi connectivity index (χ3n) is 3.98. The fraction of sp³-hybridized carbons (Fsp3) is 0.533. The molecule has 0 radical (unpaired) electrons. The van der Waals surface area contributed by atoms with E-state index >= 15 is 0 Å². The number of likely N-dealkylation sites (N-methyl/N-ethyl adjacent to an activating group) is 1. The van der Waals surface area contributed by atoms with Gasteiger partial charge in [-0.05, 0) is 39.1 Å². The van der Waals surface area contributed by atoms with Gasteiger partial charge in [-0.3, -0.25) is 9.69 Å². The summed E-state index contributed by atoms with van der Waals surface area (Å²) in [5.41, 5.74) is 0.598. The minimum absolute atomic E-state index is 0.0529. The molecule has 1 aromatic carbocycles. The van der Waals surface area contributed by atoms with Gasteiger partial charge in [-0.25, -0.2) is 0 Å². The van der Waals surface area contributed by atoms with Crippen LogP contribution in [0.3, 0.4) is 0 Å². The normalized spacial score (nSPS) is 24.0. The molecule has 0 bridgehead atoms. The molecule has 0 spiro atoms. The van der Waals surface area contributed by atoms with Crippen LogP contribution in [-0.2, 0) is 4.79 Å². The maximum atomic E-state index is 12.2. The van der Waals surface area contributed by atoms with E-state index in [1.807, 2.05) is 0 Å². The number of amides is 1. The Labute approximate surface area is 136 Å². The van der Waals surface area contributed by atoms with E-state index in [1.165, 1.54) is 0 Å². The molecule has 4 nitrogen and oxygen atoms in total. The molecule has 1 aliphatic heterocycles. The van der Waals surface area contributed by atoms with E-state index in [0.29, 0.717) is 34.4 Å². The third kappa shape index (κ3) is 4.33. The number of nitrogens with zero attached hydrogens (tertiary/aromatic N) is 2. The van der Waals surface area contributed by atoms with Crippen molar-refractivity contribution in [3.63, 3.8) is 0 Å². The zero-order valence-corrected chi connectivity index (χ0v) is 14.1. The van der Waals surface area contributed by atoms with Crippen LogP contribution in [0.25, 0.3) is 0 Å². The highest BCUT2D eigenvalue weighted by molar-refractivity contribution is 6.36. The Hall–Kier alpha value is -0.810. The molecule has 6 heteroatoms. The Morgan fingerprint density at radius 2 is 2.00 bits per heavy atom. The summed E-state index contributed by atoms with van der Waals surface area (Å²) in [6.45, 7) is 6.55. The number of halogens is 2. The van der Waals surface area contributed by atoms with Crippen molar-refractivity contribution in [1.82, 2.24) is 9.80 Å². The lowest BCUT2D eigenvalue weighted by Crippen LogP contribution is -2.56. The Morgan fingerprint density at radius 3 is 2.67 bits per heavy atom. The molecule has 1 N–H and O–H groups in total. The van der Waals surface area contributed by atoms with Gasteiger partial charge in [-0.2, -0.15) is 0 Å². The number of hydrogen-bond donors (Lipinski definition) is 1. The predicted octanol–water partition coefficient (Wildman–Crippen LogP) is 2.96. The van der Waals surface area contributed by atoms with Gasteiger partial charge in [0.2, 0.25) is 5.91 Å². The van der Waals surface area contributed by atoms with E-state index in [0.717, 1.165) is 13.1 Å². The first-order valence-electron chi connectivity index (χ1n) is 7.06. The van der Waals surface area contributed by atoms with Crippen LogP contribution in [0.2, 0.25) is 10.0 Å². The van der Waals surface area contributed by atoms with E-state index < -0.39 is 0 Å². The summed E-state index contributed by atoms with van der Waals surface area (Å²) in [5, 5.41) is 3.86. The molecule has 0 unspecified atom stereocenters. The highest BCUT2D eigenvalue weighted by Crippen LogP contribution is 2.25. The summed E-state index contributed by atoms with van der Waals surface area (Å²) in [6, 6.07) is 5.87. The van der Waals surface area contributed by atoms with E-state index in [-0.39, 0.29) is 5.91 Å². The Balaban J connectivity index is 1.95. The summed E-state index contributed by atoms with van der Waals surface area (Å²) in [7, 11) is 2.12. The van der Waals surface area contributed by atoms with Crippen molar-refractivity contribution in [2.75, 3.05) is 32.0 Å². The van der Waals surface area contributed by atoms with Gasteiger partial charge in [0.25, 0.3) is 0 Å². The molecule has 21 heavy (non-hydrogen) atoms. The van der Waals surface area contributed by atoms with Crippen LogP contribution < -0.4 is 5.32 Å². The van der Waals surface area contributed by atoms with Gasteiger partial charge in [0.1, 0.15) is 0 Å². The molecular weight excluding hydrogens is 309 g/mol. The fourth-order valence-corrected chi connectivity index (χ4v) is 3.01. The molecule has 2 rings (SSSR count). The second-order valence-electron chi connectivity index (χ2n) is 5.74. The topological polar surface area (TPSA) is 35.6 Å². The SMILES string of the molecule is C[C@H]1CN(CC(=O)Nc2ccc(Cl)cc2Cl)[C@@H](C)CN1C. The Bertz CT molecular complexity index is 524. The van der Waals surface area contributed by atoms with Gasteiger partial charge in [-0.15, -0.1) is 0 Å². The van der Waals surface area contributed by atoms with Crippen LogP contribution in [0.1, 0.15) is 13.8 Å². The first kappa shape index (κ1) is 16.6. The molecule has 0 saturated carbocycles. The third-order valence-corrected chi connectivity index (χ3v) is 4.53. The van der Waals surface area contributed by atoms with E-state index in [4.69, 9.17) is 23.2 Å². The maximum Gasteiger partial charge on any atom is 0.238 e. The number of carbonyl (C=O) groups is 1. The standard InChI is InChI=1S/C15H21Cl2N3O/c1-10-8-20(11(2)7-19(10)3)9-15(21)18-14-5-4-12(16)6-13(14)17/h4-6,10-11H,7-9H2,1-3H3,(H,18,21)/t10-,11-/m0/s1. The first-order valence-corrected chi connectivity index (χ1v) is 7.81. The summed E-state index contributed by atoms with van der Waals surface area (Å²) in [5.74, 6) is -0.0529. The minimum atomic E-state index is -0.0529. The van der Waals surface area contributed by atoms with Crippen LogP contribution in [0.15, 0.2) is 18.2 Å². The lowest BCUT2D eigenvalue weighted by molar-refractivity contribution is -0.118. The molecule has 0 aliphatic carbocycles. The van der Waals surface area contributed by atoms with Crippen molar-refractivity contribution in [2.45, 2.75) is 25.9 Å². The summed E-state index contributed by atoms with van der Waals surface area (Å²) >= 11 is 11.9. The quantitative estimate of drug-likeness (QED) is 0.926. The predicted molar refractivity (Wildman–Crippen MR) is 88.2 cm³/mol. The lowest BCUT2D eigenvalue weighted by atomic mass is 10.1. The van der Waals surface area contributed by atoms with Gasteiger partial charge in [0.15, 0.2) is 0 Å². The van der Waals surface area contributed by atoms with Gasteiger partial charge < -0.3 is 10.2 Å². The van der Waals surface area contributed by atoms with Crippen LogP contribution in [0, 0.1) is 0 Å². The average molecular weight is 330 g/mol. The van der Waals surface area contributed by atoms with E-state index in [9.17, 15) is 4.79 Å². The number of piperazine rings is 1. The molecule has 1 saturated heterocycles. The number of anilines is 1. The van der Waals surface area contributed by atoms with Gasteiger partial charge in [0.05, 0.1) is 17.3 Å². The van der Waals surface area contributed by atoms with Crippen LogP contribution in [0.4, 0.5) is 5.69 Å². The first-order chi connectivity index (χ1) is 9.86. The molecule has 0 aromatic heterocycles. The molecule has 1 aliphatic rings. The van der Waals surface area contributed by atoms with Crippen molar-refractivity contribution in [1.29, 1.82) is 0 Å². The second kappa shape index (κ2) is 6.97. The Kier molecular flexibility index (Phi) is 5.49. The number of rotatable bonds is 3. The summed E-state index contributed by atoms with van der Waals surface area (Å²) in [4.78, 5) is 16.7. The second-order valence-corrected chi connectivity index (χ2v) is 6.58. The van der Waals surface area contributed by atoms with Crippen LogP contribution >= 0.6 is 23.2 Å². The van der Waals surface area contributed by atoms with E-state index in [1.54, 1.807) is 18.2 Å². The number of nitrogens with one attached hydrogen (secondary N) is 1. The molecule has 1 heterocycles. The molecule has 116 valence electrons. The largest absolute Gasteiger partial charge is 0.324 e. The van der Waals surface area contributed by atoms with E-state index in [2.05, 4.69) is 36.0 Å². The molecule has 1 fully saturated rings. The zero-order valence-electron chi connectivity index (χ0n) is 12.6. The molecule has 2 atom stereocenters. The molecule has 1 aromatic rings. The highest BCUT2D eigenvalue weighted by Gasteiger charge is 2.27. The van der Waals surface area contributed by atoms with Crippen LogP contribution in [0.5, 0.6) is 0 Å². The fourth-order valence-electron chi connectivity index (χ4n) is 2.56. The van der Waals surface area contributed by atoms with Crippen molar-refractivity contribution in [2.24, 2.45) is 0 Å². The molecule has 1 amide bonds. The maximum absolute atomic E-state index is 12.2. The zero-order chi connectivity index (χ0) is 15.6. The van der Waals surface area contributed by atoms with Gasteiger partial charge in [0, 0.05) is 30.2 Å². The van der Waals surface area contributed by atoms with Crippen molar-refractivity contribution in [3.8, 4) is 0 Å². The number of hydrogen-bond acceptors (Lipinski definition) is 3. The van der Waals surface area contributed by atoms with Crippen LogP contribution in [-0.4, -0.2) is 54.5 Å². The van der Waals surface area contributed by atoms with Crippen molar-refractivity contribution >= 4 is 34.8 Å². The lowest BCUT2D eigenvalue weighted by Gasteiger charge is -2.42. The highest BCUT2D eigenvalue weighted by atomic mass is 35.5. The monoisotopic (exact) mass is 329 g/mol. The molecular formula is C15H21Cl2N3O. The average Bonchev–Trinajstić information content (AvgIpc) is 2.39. The number of benzene rings is 1. The van der Waals surface area contributed by atoms with Gasteiger partial charge in [-0.1, -0.05) is 23.2 Å². The Morgan fingerprint density at radius 1 is 1.29 bits per heavy atom. The summed E-state index contributed by atoms with van der Waals surface area (Å²) < 4.78 is 0. The van der Waals surface area contributed by atoms with Crippen molar-refractivity contribution < 1.29 is 4.79 Å². The smallest absolute Gasteiger partial charge is 0.238 e. The summed E-state index contributed by atoms with van der Waals surface area (Å²) in [6.07, 6.45) is 0. The minimum Gasteiger partial charge on any atom is -0.324 e. The van der Waals surface area contributed by atoms with Crippen molar-refractivity contribution in [3.05, 3.63) is 28.2 Å².